The molecule has 1 aliphatic carbocycles. The van der Waals surface area contributed by atoms with Crippen molar-refractivity contribution in [3.8, 4) is 0 Å². The summed E-state index contributed by atoms with van der Waals surface area (Å²) in [5.74, 6) is 1.05. The molecule has 0 bridgehead atoms. The Balaban J connectivity index is 2.14. The van der Waals surface area contributed by atoms with Crippen LogP contribution in [0, 0.1) is 5.92 Å². The van der Waals surface area contributed by atoms with Crippen LogP contribution < -0.4 is 10.0 Å². The molecule has 1 aromatic rings. The summed E-state index contributed by atoms with van der Waals surface area (Å²) in [7, 11) is -1.69. The lowest BCUT2D eigenvalue weighted by Gasteiger charge is -2.07. The Morgan fingerprint density at radius 1 is 1.53 bits per heavy atom. The minimum Gasteiger partial charge on any atom is -0.373 e. The van der Waals surface area contributed by atoms with Crippen molar-refractivity contribution in [1.29, 1.82) is 0 Å². The second kappa shape index (κ2) is 4.62. The molecule has 17 heavy (non-hydrogen) atoms. The van der Waals surface area contributed by atoms with Crippen LogP contribution in [-0.4, -0.2) is 26.5 Å². The number of aromatic nitrogens is 1. The maximum atomic E-state index is 12.0. The molecule has 5 nitrogen and oxygen atoms in total. The van der Waals surface area contributed by atoms with Gasteiger partial charge in [-0.1, -0.05) is 13.3 Å². The van der Waals surface area contributed by atoms with E-state index in [1.54, 1.807) is 7.05 Å². The molecule has 1 heterocycles. The Morgan fingerprint density at radius 2 is 2.29 bits per heavy atom. The number of pyridine rings is 1. The van der Waals surface area contributed by atoms with Crippen molar-refractivity contribution in [3.05, 3.63) is 18.3 Å². The van der Waals surface area contributed by atoms with Crippen LogP contribution in [0.2, 0.25) is 0 Å². The molecule has 0 aromatic carbocycles. The summed E-state index contributed by atoms with van der Waals surface area (Å²) >= 11 is 0. The van der Waals surface area contributed by atoms with Gasteiger partial charge in [0.1, 0.15) is 5.82 Å². The smallest absolute Gasteiger partial charge is 0.241 e. The molecule has 1 fully saturated rings. The summed E-state index contributed by atoms with van der Waals surface area (Å²) in [5, 5.41) is 2.83. The summed E-state index contributed by atoms with van der Waals surface area (Å²) in [4.78, 5) is 4.26. The molecular weight excluding hydrogens is 238 g/mol. The second-order valence-electron chi connectivity index (χ2n) is 4.26. The minimum atomic E-state index is -3.40. The number of sulfonamides is 1. The quantitative estimate of drug-likeness (QED) is 0.829. The SMILES string of the molecule is CCC1CC1NS(=O)(=O)c1ccnc(NC)c1. The van der Waals surface area contributed by atoms with Gasteiger partial charge < -0.3 is 5.32 Å². The molecule has 1 aliphatic rings. The first kappa shape index (κ1) is 12.3. The highest BCUT2D eigenvalue weighted by Gasteiger charge is 2.38. The van der Waals surface area contributed by atoms with E-state index in [1.165, 1.54) is 18.3 Å². The molecule has 0 spiro atoms. The average Bonchev–Trinajstić information content (AvgIpc) is 3.07. The van der Waals surface area contributed by atoms with Crippen molar-refractivity contribution in [2.75, 3.05) is 12.4 Å². The van der Waals surface area contributed by atoms with E-state index in [0.717, 1.165) is 12.8 Å². The topological polar surface area (TPSA) is 71.1 Å². The summed E-state index contributed by atoms with van der Waals surface area (Å²) in [6, 6.07) is 3.15. The molecular formula is C11H17N3O2S. The zero-order valence-electron chi connectivity index (χ0n) is 9.97. The predicted octanol–water partition coefficient (Wildman–Crippen LogP) is 1.20. The first-order chi connectivity index (χ1) is 8.06. The lowest BCUT2D eigenvalue weighted by Crippen LogP contribution is -2.27. The fourth-order valence-corrected chi connectivity index (χ4v) is 3.16. The number of nitrogens with zero attached hydrogens (tertiary/aromatic N) is 1. The zero-order chi connectivity index (χ0) is 12.5. The molecule has 1 saturated carbocycles. The molecule has 0 aliphatic heterocycles. The molecule has 2 rings (SSSR count). The van der Waals surface area contributed by atoms with Crippen molar-refractivity contribution < 1.29 is 8.42 Å². The number of anilines is 1. The van der Waals surface area contributed by atoms with Crippen LogP contribution >= 0.6 is 0 Å². The number of rotatable bonds is 5. The van der Waals surface area contributed by atoms with Gasteiger partial charge in [-0.25, -0.2) is 18.1 Å². The normalized spacial score (nSPS) is 23.4. The van der Waals surface area contributed by atoms with Crippen LogP contribution in [0.15, 0.2) is 23.2 Å². The zero-order valence-corrected chi connectivity index (χ0v) is 10.8. The van der Waals surface area contributed by atoms with E-state index in [0.29, 0.717) is 11.7 Å². The highest BCUT2D eigenvalue weighted by atomic mass is 32.2. The molecule has 1 aromatic heterocycles. The molecule has 0 radical (unpaired) electrons. The van der Waals surface area contributed by atoms with Crippen LogP contribution in [-0.2, 0) is 10.0 Å². The standard InChI is InChI=1S/C11H17N3O2S/c1-3-8-6-10(8)14-17(15,16)9-4-5-13-11(7-9)12-2/h4-5,7-8,10,14H,3,6H2,1-2H3,(H,12,13). The molecule has 2 atom stereocenters. The molecule has 6 heteroatoms. The predicted molar refractivity (Wildman–Crippen MR) is 66.3 cm³/mol. The second-order valence-corrected chi connectivity index (χ2v) is 5.97. The van der Waals surface area contributed by atoms with E-state index >= 15 is 0 Å². The Bertz CT molecular complexity index is 501. The van der Waals surface area contributed by atoms with Gasteiger partial charge in [0.15, 0.2) is 0 Å². The van der Waals surface area contributed by atoms with E-state index in [4.69, 9.17) is 0 Å². The van der Waals surface area contributed by atoms with E-state index in [9.17, 15) is 8.42 Å². The highest BCUT2D eigenvalue weighted by Crippen LogP contribution is 2.34. The molecule has 0 amide bonds. The van der Waals surface area contributed by atoms with Crippen LogP contribution in [0.3, 0.4) is 0 Å². The van der Waals surface area contributed by atoms with Crippen molar-refractivity contribution in [1.82, 2.24) is 9.71 Å². The van der Waals surface area contributed by atoms with Crippen LogP contribution in [0.5, 0.6) is 0 Å². The van der Waals surface area contributed by atoms with Crippen LogP contribution in [0.1, 0.15) is 19.8 Å². The van der Waals surface area contributed by atoms with E-state index in [1.807, 2.05) is 0 Å². The Hall–Kier alpha value is -1.14. The summed E-state index contributed by atoms with van der Waals surface area (Å²) in [6.45, 7) is 2.07. The third kappa shape index (κ3) is 2.76. The van der Waals surface area contributed by atoms with E-state index < -0.39 is 10.0 Å². The molecule has 2 unspecified atom stereocenters. The summed E-state index contributed by atoms with van der Waals surface area (Å²) < 4.78 is 26.8. The summed E-state index contributed by atoms with van der Waals surface area (Å²) in [6.07, 6.45) is 3.45. The van der Waals surface area contributed by atoms with Crippen molar-refractivity contribution in [2.24, 2.45) is 5.92 Å². The van der Waals surface area contributed by atoms with Crippen LogP contribution in [0.4, 0.5) is 5.82 Å². The third-order valence-electron chi connectivity index (χ3n) is 3.05. The fraction of sp³-hybridized carbons (Fsp3) is 0.545. The van der Waals surface area contributed by atoms with E-state index in [2.05, 4.69) is 21.9 Å². The first-order valence-corrected chi connectivity index (χ1v) is 7.21. The monoisotopic (exact) mass is 255 g/mol. The lowest BCUT2D eigenvalue weighted by molar-refractivity contribution is 0.576. The third-order valence-corrected chi connectivity index (χ3v) is 4.54. The van der Waals surface area contributed by atoms with Crippen molar-refractivity contribution in [2.45, 2.75) is 30.7 Å². The molecule has 2 N–H and O–H groups in total. The fourth-order valence-electron chi connectivity index (χ4n) is 1.83. The minimum absolute atomic E-state index is 0.108. The van der Waals surface area contributed by atoms with Gasteiger partial charge in [0.05, 0.1) is 4.90 Å². The van der Waals surface area contributed by atoms with Gasteiger partial charge in [0, 0.05) is 25.4 Å². The van der Waals surface area contributed by atoms with Gasteiger partial charge in [-0.3, -0.25) is 0 Å². The lowest BCUT2D eigenvalue weighted by atomic mass is 10.3. The van der Waals surface area contributed by atoms with Gasteiger partial charge in [0.25, 0.3) is 0 Å². The maximum absolute atomic E-state index is 12.0. The Labute approximate surface area is 102 Å². The van der Waals surface area contributed by atoms with Gasteiger partial charge in [-0.05, 0) is 18.4 Å². The van der Waals surface area contributed by atoms with Gasteiger partial charge in [-0.15, -0.1) is 0 Å². The first-order valence-electron chi connectivity index (χ1n) is 5.73. The largest absolute Gasteiger partial charge is 0.373 e. The van der Waals surface area contributed by atoms with Crippen molar-refractivity contribution in [3.63, 3.8) is 0 Å². The van der Waals surface area contributed by atoms with Crippen molar-refractivity contribution >= 4 is 15.8 Å². The van der Waals surface area contributed by atoms with E-state index in [-0.39, 0.29) is 10.9 Å². The van der Waals surface area contributed by atoms with Crippen LogP contribution in [0.25, 0.3) is 0 Å². The van der Waals surface area contributed by atoms with Gasteiger partial charge >= 0.3 is 0 Å². The molecule has 0 saturated heterocycles. The number of hydrogen-bond donors (Lipinski definition) is 2. The Morgan fingerprint density at radius 3 is 2.88 bits per heavy atom. The summed E-state index contributed by atoms with van der Waals surface area (Å²) in [5.41, 5.74) is 0. The average molecular weight is 255 g/mol. The van der Waals surface area contributed by atoms with Gasteiger partial charge in [-0.2, -0.15) is 0 Å². The number of hydrogen-bond acceptors (Lipinski definition) is 4. The molecule has 94 valence electrons. The number of nitrogens with one attached hydrogen (secondary N) is 2. The highest BCUT2D eigenvalue weighted by molar-refractivity contribution is 7.89. The Kier molecular flexibility index (Phi) is 3.35. The maximum Gasteiger partial charge on any atom is 0.241 e. The van der Waals surface area contributed by atoms with Gasteiger partial charge in [0.2, 0.25) is 10.0 Å².